The van der Waals surface area contributed by atoms with E-state index < -0.39 is 0 Å². The number of rotatable bonds is 5. The van der Waals surface area contributed by atoms with Crippen LogP contribution in [0.15, 0.2) is 42.5 Å². The Labute approximate surface area is 128 Å². The number of amides is 1. The second-order valence-electron chi connectivity index (χ2n) is 5.04. The lowest BCUT2D eigenvalue weighted by molar-refractivity contribution is -0.113. The van der Waals surface area contributed by atoms with Gasteiger partial charge in [0.2, 0.25) is 5.91 Å². The molecule has 2 rings (SSSR count). The van der Waals surface area contributed by atoms with Crippen molar-refractivity contribution in [3.8, 4) is 0 Å². The van der Waals surface area contributed by atoms with Gasteiger partial charge in [0.05, 0.1) is 5.75 Å². The molecule has 1 N–H and O–H groups in total. The monoisotopic (exact) mass is 303 g/mol. The van der Waals surface area contributed by atoms with Crippen molar-refractivity contribution in [3.63, 3.8) is 0 Å². The number of aryl methyl sites for hydroxylation is 2. The predicted octanol–water partition coefficient (Wildman–Crippen LogP) is 4.31. The number of carbonyl (C=O) groups is 1. The van der Waals surface area contributed by atoms with Crippen molar-refractivity contribution in [2.24, 2.45) is 0 Å². The number of benzene rings is 2. The molecule has 0 aromatic heterocycles. The number of hydrogen-bond acceptors (Lipinski definition) is 2. The summed E-state index contributed by atoms with van der Waals surface area (Å²) in [4.78, 5) is 11.9. The molecule has 2 aromatic rings. The summed E-state index contributed by atoms with van der Waals surface area (Å²) in [6.45, 7) is 4.01. The molecular formula is C17H18FNOS. The van der Waals surface area contributed by atoms with Crippen LogP contribution in [0, 0.1) is 19.7 Å². The second kappa shape index (κ2) is 7.27. The summed E-state index contributed by atoms with van der Waals surface area (Å²) >= 11 is 1.51. The molecule has 0 aliphatic carbocycles. The van der Waals surface area contributed by atoms with Crippen LogP contribution in [0.1, 0.15) is 16.7 Å². The zero-order chi connectivity index (χ0) is 15.2. The standard InChI is InChI=1S/C17H18FNOS/c1-12-7-13(2)9-16(8-12)19-17(20)11-21-10-14-3-5-15(18)6-4-14/h3-9H,10-11H2,1-2H3,(H,19,20). The van der Waals surface area contributed by atoms with Crippen molar-refractivity contribution in [1.82, 2.24) is 0 Å². The van der Waals surface area contributed by atoms with E-state index in [-0.39, 0.29) is 11.7 Å². The molecule has 110 valence electrons. The van der Waals surface area contributed by atoms with Crippen LogP contribution in [0.25, 0.3) is 0 Å². The summed E-state index contributed by atoms with van der Waals surface area (Å²) in [5, 5.41) is 2.90. The van der Waals surface area contributed by atoms with Gasteiger partial charge in [-0.15, -0.1) is 11.8 Å². The molecular weight excluding hydrogens is 285 g/mol. The molecule has 0 spiro atoms. The molecule has 0 saturated heterocycles. The van der Waals surface area contributed by atoms with E-state index in [1.807, 2.05) is 26.0 Å². The lowest BCUT2D eigenvalue weighted by atomic mass is 10.1. The molecule has 2 nitrogen and oxygen atoms in total. The Kier molecular flexibility index (Phi) is 5.39. The predicted molar refractivity (Wildman–Crippen MR) is 87.1 cm³/mol. The fourth-order valence-corrected chi connectivity index (χ4v) is 2.87. The quantitative estimate of drug-likeness (QED) is 0.891. The highest BCUT2D eigenvalue weighted by Gasteiger charge is 2.04. The fourth-order valence-electron chi connectivity index (χ4n) is 2.09. The van der Waals surface area contributed by atoms with Gasteiger partial charge in [-0.1, -0.05) is 18.2 Å². The van der Waals surface area contributed by atoms with Gasteiger partial charge in [-0.2, -0.15) is 0 Å². The molecule has 21 heavy (non-hydrogen) atoms. The minimum Gasteiger partial charge on any atom is -0.325 e. The Bertz CT molecular complexity index is 605. The third-order valence-electron chi connectivity index (χ3n) is 2.92. The second-order valence-corrected chi connectivity index (χ2v) is 6.03. The van der Waals surface area contributed by atoms with Crippen LogP contribution in [-0.2, 0) is 10.5 Å². The van der Waals surface area contributed by atoms with Gasteiger partial charge in [0, 0.05) is 11.4 Å². The maximum atomic E-state index is 12.8. The molecule has 0 atom stereocenters. The summed E-state index contributed by atoms with van der Waals surface area (Å²) in [5.74, 6) is 0.814. The van der Waals surface area contributed by atoms with Gasteiger partial charge >= 0.3 is 0 Å². The van der Waals surface area contributed by atoms with Gasteiger partial charge in [-0.05, 0) is 54.8 Å². The average Bonchev–Trinajstić information content (AvgIpc) is 2.39. The van der Waals surface area contributed by atoms with Gasteiger partial charge in [0.15, 0.2) is 0 Å². The molecule has 0 unspecified atom stereocenters. The molecule has 0 aliphatic heterocycles. The van der Waals surface area contributed by atoms with Crippen LogP contribution in [-0.4, -0.2) is 11.7 Å². The van der Waals surface area contributed by atoms with Crippen LogP contribution in [0.5, 0.6) is 0 Å². The fraction of sp³-hybridized carbons (Fsp3) is 0.235. The van der Waals surface area contributed by atoms with Crippen LogP contribution < -0.4 is 5.32 Å². The van der Waals surface area contributed by atoms with Crippen molar-refractivity contribution in [2.45, 2.75) is 19.6 Å². The number of carbonyl (C=O) groups excluding carboxylic acids is 1. The summed E-state index contributed by atoms with van der Waals surface area (Å²) < 4.78 is 12.8. The van der Waals surface area contributed by atoms with E-state index in [0.717, 1.165) is 22.4 Å². The third-order valence-corrected chi connectivity index (χ3v) is 3.92. The first kappa shape index (κ1) is 15.6. The average molecular weight is 303 g/mol. The van der Waals surface area contributed by atoms with E-state index in [1.165, 1.54) is 23.9 Å². The SMILES string of the molecule is Cc1cc(C)cc(NC(=O)CSCc2ccc(F)cc2)c1. The first-order valence-corrected chi connectivity index (χ1v) is 7.89. The molecule has 0 bridgehead atoms. The molecule has 1 amide bonds. The third kappa shape index (κ3) is 5.23. The number of anilines is 1. The molecule has 4 heteroatoms. The van der Waals surface area contributed by atoms with Gasteiger partial charge < -0.3 is 5.32 Å². The van der Waals surface area contributed by atoms with E-state index in [9.17, 15) is 9.18 Å². The summed E-state index contributed by atoms with van der Waals surface area (Å²) in [6, 6.07) is 12.3. The minimum absolute atomic E-state index is 0.0212. The topological polar surface area (TPSA) is 29.1 Å². The number of nitrogens with one attached hydrogen (secondary N) is 1. The van der Waals surface area contributed by atoms with Crippen LogP contribution in [0.3, 0.4) is 0 Å². The van der Waals surface area contributed by atoms with Gasteiger partial charge in [-0.3, -0.25) is 4.79 Å². The normalized spacial score (nSPS) is 10.4. The van der Waals surface area contributed by atoms with E-state index in [1.54, 1.807) is 12.1 Å². The summed E-state index contributed by atoms with van der Waals surface area (Å²) in [5.41, 5.74) is 4.11. The number of hydrogen-bond donors (Lipinski definition) is 1. The Morgan fingerprint density at radius 2 is 1.71 bits per heavy atom. The van der Waals surface area contributed by atoms with Gasteiger partial charge in [0.25, 0.3) is 0 Å². The Morgan fingerprint density at radius 3 is 2.33 bits per heavy atom. The van der Waals surface area contributed by atoms with Crippen molar-refractivity contribution >= 4 is 23.4 Å². The van der Waals surface area contributed by atoms with E-state index >= 15 is 0 Å². The lowest BCUT2D eigenvalue weighted by Crippen LogP contribution is -2.14. The lowest BCUT2D eigenvalue weighted by Gasteiger charge is -2.07. The van der Waals surface area contributed by atoms with E-state index in [0.29, 0.717) is 11.5 Å². The highest BCUT2D eigenvalue weighted by atomic mass is 32.2. The van der Waals surface area contributed by atoms with Crippen molar-refractivity contribution in [3.05, 3.63) is 65.0 Å². The molecule has 0 fully saturated rings. The first-order chi connectivity index (χ1) is 10.0. The van der Waals surface area contributed by atoms with Crippen LogP contribution in [0.2, 0.25) is 0 Å². The molecule has 0 heterocycles. The number of thioether (sulfide) groups is 1. The zero-order valence-electron chi connectivity index (χ0n) is 12.2. The largest absolute Gasteiger partial charge is 0.325 e. The van der Waals surface area contributed by atoms with Crippen LogP contribution >= 0.6 is 11.8 Å². The highest BCUT2D eigenvalue weighted by Crippen LogP contribution is 2.16. The highest BCUT2D eigenvalue weighted by molar-refractivity contribution is 7.99. The Morgan fingerprint density at radius 1 is 1.10 bits per heavy atom. The molecule has 2 aromatic carbocycles. The van der Waals surface area contributed by atoms with Crippen molar-refractivity contribution < 1.29 is 9.18 Å². The zero-order valence-corrected chi connectivity index (χ0v) is 13.0. The summed E-state index contributed by atoms with van der Waals surface area (Å²) in [7, 11) is 0. The smallest absolute Gasteiger partial charge is 0.234 e. The Balaban J connectivity index is 1.80. The molecule has 0 saturated carbocycles. The maximum absolute atomic E-state index is 12.8. The van der Waals surface area contributed by atoms with Crippen LogP contribution in [0.4, 0.5) is 10.1 Å². The van der Waals surface area contributed by atoms with Crippen molar-refractivity contribution in [2.75, 3.05) is 11.1 Å². The maximum Gasteiger partial charge on any atom is 0.234 e. The number of halogens is 1. The Hall–Kier alpha value is -1.81. The van der Waals surface area contributed by atoms with Gasteiger partial charge in [-0.25, -0.2) is 4.39 Å². The molecule has 0 radical (unpaired) electrons. The van der Waals surface area contributed by atoms with E-state index in [2.05, 4.69) is 11.4 Å². The van der Waals surface area contributed by atoms with E-state index in [4.69, 9.17) is 0 Å². The van der Waals surface area contributed by atoms with Crippen molar-refractivity contribution in [1.29, 1.82) is 0 Å². The van der Waals surface area contributed by atoms with Gasteiger partial charge in [0.1, 0.15) is 5.82 Å². The molecule has 0 aliphatic rings. The summed E-state index contributed by atoms with van der Waals surface area (Å²) in [6.07, 6.45) is 0. The minimum atomic E-state index is -0.240. The first-order valence-electron chi connectivity index (χ1n) is 6.73.